The van der Waals surface area contributed by atoms with Crippen LogP contribution in [-0.4, -0.2) is 153 Å². The van der Waals surface area contributed by atoms with Gasteiger partial charge < -0.3 is 47.5 Å². The summed E-state index contributed by atoms with van der Waals surface area (Å²) in [7, 11) is 3.77. The van der Waals surface area contributed by atoms with Crippen LogP contribution in [0, 0.1) is 25.1 Å². The quantitative estimate of drug-likeness (QED) is 0.0556. The van der Waals surface area contributed by atoms with Gasteiger partial charge in [-0.1, -0.05) is 48.3 Å². The summed E-state index contributed by atoms with van der Waals surface area (Å²) in [5.41, 5.74) is 4.85. The number of hydrogen-bond donors (Lipinski definition) is 0. The second-order valence-electron chi connectivity index (χ2n) is 22.2. The molecule has 0 unspecified atom stereocenters. The van der Waals surface area contributed by atoms with Crippen LogP contribution in [0.3, 0.4) is 0 Å². The van der Waals surface area contributed by atoms with Gasteiger partial charge in [0.1, 0.15) is 53.4 Å². The lowest BCUT2D eigenvalue weighted by molar-refractivity contribution is -0.163. The predicted octanol–water partition coefficient (Wildman–Crippen LogP) is 11.4. The molecule has 16 nitrogen and oxygen atoms in total. The van der Waals surface area contributed by atoms with Crippen LogP contribution in [0.1, 0.15) is 75.2 Å². The van der Waals surface area contributed by atoms with Crippen molar-refractivity contribution in [2.24, 2.45) is 5.41 Å². The number of carbonyl (C=O) groups excluding carboxylic acids is 1. The highest BCUT2D eigenvalue weighted by atomic mass is 35.5. The zero-order valence-electron chi connectivity index (χ0n) is 47.5. The van der Waals surface area contributed by atoms with Crippen molar-refractivity contribution in [3.8, 4) is 44.7 Å². The van der Waals surface area contributed by atoms with E-state index in [4.69, 9.17) is 80.8 Å². The van der Waals surface area contributed by atoms with E-state index in [1.54, 1.807) is 46.2 Å². The number of esters is 1. The van der Waals surface area contributed by atoms with Gasteiger partial charge in [-0.3, -0.25) is 4.90 Å². The number of rotatable bonds is 19. The largest absolute Gasteiger partial charge is 0.490 e. The van der Waals surface area contributed by atoms with Crippen molar-refractivity contribution in [2.75, 3.05) is 99.7 Å². The molecule has 1 fully saturated rings. The van der Waals surface area contributed by atoms with Crippen molar-refractivity contribution < 1.29 is 51.8 Å². The zero-order chi connectivity index (χ0) is 57.3. The molecule has 0 spiro atoms. The predicted molar refractivity (Wildman–Crippen MR) is 313 cm³/mol. The maximum absolute atomic E-state index is 14.7. The first-order chi connectivity index (χ1) is 39.0. The van der Waals surface area contributed by atoms with Crippen molar-refractivity contribution in [2.45, 2.75) is 91.6 Å². The number of piperazine rings is 1. The number of carbonyl (C=O) groups is 1. The van der Waals surface area contributed by atoms with E-state index >= 15 is 0 Å². The van der Waals surface area contributed by atoms with Gasteiger partial charge in [0.05, 0.1) is 67.4 Å². The van der Waals surface area contributed by atoms with Gasteiger partial charge in [0.2, 0.25) is 12.0 Å². The van der Waals surface area contributed by atoms with Crippen LogP contribution >= 0.6 is 34.5 Å². The molecule has 3 aromatic heterocycles. The Kier molecular flexibility index (Phi) is 20.2. The molecule has 6 heterocycles. The minimum absolute atomic E-state index is 0.0236. The van der Waals surface area contributed by atoms with Crippen LogP contribution in [-0.2, 0) is 41.5 Å². The second-order valence-corrected chi connectivity index (χ2v) is 24.0. The average molecular weight is 1170 g/mol. The smallest absolute Gasteiger partial charge is 0.348 e. The third-order valence-corrected chi connectivity index (χ3v) is 16.7. The van der Waals surface area contributed by atoms with Crippen molar-refractivity contribution in [3.05, 3.63) is 111 Å². The van der Waals surface area contributed by atoms with Crippen molar-refractivity contribution >= 4 is 56.3 Å². The van der Waals surface area contributed by atoms with Crippen LogP contribution in [0.4, 0.5) is 4.39 Å². The van der Waals surface area contributed by atoms with Gasteiger partial charge >= 0.3 is 5.97 Å². The van der Waals surface area contributed by atoms with E-state index in [9.17, 15) is 9.18 Å². The lowest BCUT2D eigenvalue weighted by atomic mass is 9.77. The van der Waals surface area contributed by atoms with E-state index in [0.717, 1.165) is 61.5 Å². The Labute approximate surface area is 488 Å². The van der Waals surface area contributed by atoms with E-state index in [-0.39, 0.29) is 36.7 Å². The number of likely N-dealkylation sites (N-methyl/N-ethyl adjacent to an activating group) is 1. The topological polar surface area (TPSA) is 158 Å². The van der Waals surface area contributed by atoms with Gasteiger partial charge in [0.15, 0.2) is 11.6 Å². The molecule has 1 saturated heterocycles. The minimum atomic E-state index is -1.27. The molecule has 3 atom stereocenters. The molecular weight excluding hydrogens is 1100 g/mol. The lowest BCUT2D eigenvalue weighted by Gasteiger charge is -2.35. The first-order valence-corrected chi connectivity index (χ1v) is 29.1. The molecular formula is C61H73Cl2FN6O10S. The third kappa shape index (κ3) is 15.4. The van der Waals surface area contributed by atoms with Gasteiger partial charge in [0.25, 0.3) is 0 Å². The maximum atomic E-state index is 14.7. The number of benzene rings is 3. The van der Waals surface area contributed by atoms with Crippen molar-refractivity contribution in [3.63, 3.8) is 0 Å². The molecule has 0 saturated carbocycles. The standard InChI is InChI=1S/C61H73Cl2FN6O10S/c1-38-49-39(2)53(63)54(52(38)62)78-46(33-70-23-21-69(7)22-24-70)35-76-45-13-14-47(77-34-44-17-20-65-56(68-44)41-15-18-61(6,19-16-41)36-75-30-29-74-28-27-73-26-25-72-8)42(31-45)32-48(59(71)80-60(3,4)5)79-57-51-50(49)55(81-58(51)67-37-66-57)40-9-11-43(64)12-10-40/h9-15,17,20,31,37,46,48H,16,18-19,21-30,32-36H2,1-8H3/t46-,48-,61+/m1/s1. The molecule has 3 aliphatic heterocycles. The fourth-order valence-corrected chi connectivity index (χ4v) is 11.8. The molecule has 1 aliphatic carbocycles. The SMILES string of the molecule is COCCOCCOCCOC[C@@]1(C)CC=C(c2nccc(COc3ccc4cc3C[C@H](C(=O)OC(C)(C)C)Oc3ncnc5sc(-c6ccc(F)cc6)c(c35)-c3c(C)c(Cl)c(c(Cl)c3C)O[C@H](CN3CCN(C)CC3)CO4)n2)CC1. The molecule has 3 aromatic carbocycles. The zero-order valence-corrected chi connectivity index (χ0v) is 49.9. The Bertz CT molecular complexity index is 3140. The molecule has 434 valence electrons. The number of allylic oxidation sites excluding steroid dienone is 2. The number of hydrogen-bond acceptors (Lipinski definition) is 17. The lowest BCUT2D eigenvalue weighted by Crippen LogP contribution is -2.49. The Hall–Kier alpha value is -5.54. The summed E-state index contributed by atoms with van der Waals surface area (Å²) in [5.74, 6) is 1.06. The van der Waals surface area contributed by atoms with Crippen molar-refractivity contribution in [1.29, 1.82) is 0 Å². The monoisotopic (exact) mass is 1170 g/mol. The number of fused-ring (bicyclic) bond motifs is 7. The van der Waals surface area contributed by atoms with E-state index in [0.29, 0.717) is 130 Å². The minimum Gasteiger partial charge on any atom is -0.490 e. The van der Waals surface area contributed by atoms with E-state index in [2.05, 4.69) is 34.8 Å². The summed E-state index contributed by atoms with van der Waals surface area (Å²) in [5, 5.41) is 1.14. The first kappa shape index (κ1) is 60.1. The molecule has 81 heavy (non-hydrogen) atoms. The van der Waals surface area contributed by atoms with Gasteiger partial charge in [-0.2, -0.15) is 0 Å². The molecule has 0 amide bonds. The number of aromatic nitrogens is 4. The molecule has 10 rings (SSSR count). The molecule has 20 heteroatoms. The number of methoxy groups -OCH3 is 1. The van der Waals surface area contributed by atoms with E-state index in [1.165, 1.54) is 29.8 Å². The molecule has 0 N–H and O–H groups in total. The number of thiophene rings is 1. The Morgan fingerprint density at radius 3 is 2.30 bits per heavy atom. The van der Waals surface area contributed by atoms with Gasteiger partial charge in [-0.05, 0) is 131 Å². The fourth-order valence-electron chi connectivity index (χ4n) is 10.1. The highest BCUT2D eigenvalue weighted by Crippen LogP contribution is 2.53. The van der Waals surface area contributed by atoms with E-state index < -0.39 is 23.8 Å². The van der Waals surface area contributed by atoms with Crippen LogP contribution in [0.5, 0.6) is 23.1 Å². The normalized spacial score (nSPS) is 19.1. The Morgan fingerprint density at radius 1 is 0.889 bits per heavy atom. The van der Waals surface area contributed by atoms with Crippen molar-refractivity contribution in [1.82, 2.24) is 29.7 Å². The molecule has 4 aliphatic rings. The van der Waals surface area contributed by atoms with Crippen LogP contribution < -0.4 is 18.9 Å². The molecule has 4 bridgehead atoms. The summed E-state index contributed by atoms with van der Waals surface area (Å²) in [6.07, 6.45) is 6.07. The average Bonchev–Trinajstić information content (AvgIpc) is 3.23. The summed E-state index contributed by atoms with van der Waals surface area (Å²) in [4.78, 5) is 39.8. The van der Waals surface area contributed by atoms with Gasteiger partial charge in [-0.25, -0.2) is 29.1 Å². The van der Waals surface area contributed by atoms with Crippen LogP contribution in [0.15, 0.2) is 67.1 Å². The Balaban J connectivity index is 1.04. The van der Waals surface area contributed by atoms with E-state index in [1.807, 2.05) is 38.1 Å². The van der Waals surface area contributed by atoms with Gasteiger partial charge in [-0.15, -0.1) is 11.3 Å². The summed E-state index contributed by atoms with van der Waals surface area (Å²) >= 11 is 16.3. The first-order valence-electron chi connectivity index (χ1n) is 27.6. The second kappa shape index (κ2) is 27.2. The third-order valence-electron chi connectivity index (χ3n) is 14.6. The van der Waals surface area contributed by atoms with Crippen LogP contribution in [0.2, 0.25) is 10.0 Å². The fraction of sp³-hybridized carbons (Fsp3) is 0.492. The summed E-state index contributed by atoms with van der Waals surface area (Å²) < 4.78 is 70.0. The summed E-state index contributed by atoms with van der Waals surface area (Å²) in [6, 6.07) is 13.6. The molecule has 6 aromatic rings. The highest BCUT2D eigenvalue weighted by Gasteiger charge is 2.35. The number of nitrogens with zero attached hydrogens (tertiary/aromatic N) is 6. The Morgan fingerprint density at radius 2 is 1.60 bits per heavy atom. The molecule has 0 radical (unpaired) electrons. The maximum Gasteiger partial charge on any atom is 0.348 e. The van der Waals surface area contributed by atoms with Gasteiger partial charge in [0, 0.05) is 68.5 Å². The number of ether oxygens (including phenoxy) is 9. The summed E-state index contributed by atoms with van der Waals surface area (Å²) in [6.45, 7) is 19.5. The highest BCUT2D eigenvalue weighted by molar-refractivity contribution is 7.22. The van der Waals surface area contributed by atoms with Crippen LogP contribution in [0.25, 0.3) is 37.4 Å². The number of halogens is 3.